The first-order valence-electron chi connectivity index (χ1n) is 6.45. The standard InChI is InChI=1S/C16H12N2O3/c19-14(12-7-3-1-4-8-12)11-18-16(20)21-15(17-18)13-9-5-2-6-10-13/h1-10H,11H2. The van der Waals surface area contributed by atoms with Gasteiger partial charge >= 0.3 is 5.76 Å². The average molecular weight is 280 g/mol. The van der Waals surface area contributed by atoms with E-state index in [9.17, 15) is 9.59 Å². The lowest BCUT2D eigenvalue weighted by Crippen LogP contribution is -2.21. The van der Waals surface area contributed by atoms with Gasteiger partial charge in [0.2, 0.25) is 5.89 Å². The lowest BCUT2D eigenvalue weighted by atomic mass is 10.1. The van der Waals surface area contributed by atoms with Gasteiger partial charge in [-0.1, -0.05) is 48.5 Å². The highest BCUT2D eigenvalue weighted by Gasteiger charge is 2.13. The zero-order valence-electron chi connectivity index (χ0n) is 11.1. The molecule has 0 bridgehead atoms. The molecule has 5 heteroatoms. The van der Waals surface area contributed by atoms with Crippen molar-refractivity contribution in [2.75, 3.05) is 0 Å². The molecule has 0 saturated heterocycles. The van der Waals surface area contributed by atoms with E-state index in [2.05, 4.69) is 5.10 Å². The Bertz CT molecular complexity index is 804. The van der Waals surface area contributed by atoms with E-state index in [1.165, 1.54) is 0 Å². The normalized spacial score (nSPS) is 10.5. The summed E-state index contributed by atoms with van der Waals surface area (Å²) in [4.78, 5) is 23.8. The highest BCUT2D eigenvalue weighted by Crippen LogP contribution is 2.14. The minimum absolute atomic E-state index is 0.140. The van der Waals surface area contributed by atoms with Crippen molar-refractivity contribution in [2.24, 2.45) is 0 Å². The number of Topliss-reactive ketones (excluding diaryl/α,β-unsaturated/α-hetero) is 1. The van der Waals surface area contributed by atoms with Gasteiger partial charge in [0.25, 0.3) is 0 Å². The average Bonchev–Trinajstić information content (AvgIpc) is 2.90. The molecule has 0 aliphatic heterocycles. The van der Waals surface area contributed by atoms with Gasteiger partial charge in [-0.25, -0.2) is 4.79 Å². The van der Waals surface area contributed by atoms with Gasteiger partial charge in [-0.05, 0) is 12.1 Å². The van der Waals surface area contributed by atoms with E-state index in [1.54, 1.807) is 36.4 Å². The van der Waals surface area contributed by atoms with Gasteiger partial charge in [0.15, 0.2) is 5.78 Å². The van der Waals surface area contributed by atoms with Crippen LogP contribution in [0.1, 0.15) is 10.4 Å². The number of ketones is 1. The number of rotatable bonds is 4. The Hall–Kier alpha value is -2.95. The van der Waals surface area contributed by atoms with Crippen molar-refractivity contribution in [3.8, 4) is 11.5 Å². The van der Waals surface area contributed by atoms with Crippen LogP contribution in [0.2, 0.25) is 0 Å². The third kappa shape index (κ3) is 2.81. The molecule has 0 saturated carbocycles. The Labute approximate surface area is 120 Å². The molecule has 3 aromatic rings. The number of carbonyl (C=O) groups excluding carboxylic acids is 1. The summed E-state index contributed by atoms with van der Waals surface area (Å²) < 4.78 is 6.12. The molecule has 21 heavy (non-hydrogen) atoms. The van der Waals surface area contributed by atoms with Crippen LogP contribution in [0.25, 0.3) is 11.5 Å². The summed E-state index contributed by atoms with van der Waals surface area (Å²) in [6, 6.07) is 17.8. The van der Waals surface area contributed by atoms with Crippen molar-refractivity contribution in [1.82, 2.24) is 9.78 Å². The molecule has 0 N–H and O–H groups in total. The molecule has 0 unspecified atom stereocenters. The maximum atomic E-state index is 12.1. The largest absolute Gasteiger partial charge is 0.437 e. The smallest absolute Gasteiger partial charge is 0.388 e. The molecule has 0 radical (unpaired) electrons. The molecular formula is C16H12N2O3. The third-order valence-corrected chi connectivity index (χ3v) is 3.02. The number of benzene rings is 2. The molecule has 104 valence electrons. The summed E-state index contributed by atoms with van der Waals surface area (Å²) in [6.07, 6.45) is 0. The van der Waals surface area contributed by atoms with Crippen LogP contribution in [0.5, 0.6) is 0 Å². The Morgan fingerprint density at radius 3 is 2.29 bits per heavy atom. The number of hydrogen-bond donors (Lipinski definition) is 0. The van der Waals surface area contributed by atoms with Gasteiger partial charge in [-0.3, -0.25) is 4.79 Å². The Morgan fingerprint density at radius 2 is 1.62 bits per heavy atom. The highest BCUT2D eigenvalue weighted by molar-refractivity contribution is 5.95. The van der Waals surface area contributed by atoms with Crippen molar-refractivity contribution in [3.05, 3.63) is 76.8 Å². The first-order valence-corrected chi connectivity index (χ1v) is 6.45. The molecule has 2 aromatic carbocycles. The summed E-state index contributed by atoms with van der Waals surface area (Å²) in [7, 11) is 0. The monoisotopic (exact) mass is 280 g/mol. The topological polar surface area (TPSA) is 65.1 Å². The fraction of sp³-hybridized carbons (Fsp3) is 0.0625. The molecule has 0 fully saturated rings. The molecule has 5 nitrogen and oxygen atoms in total. The molecule has 0 atom stereocenters. The zero-order chi connectivity index (χ0) is 14.7. The first-order chi connectivity index (χ1) is 10.2. The summed E-state index contributed by atoms with van der Waals surface area (Å²) in [5.41, 5.74) is 1.23. The number of carbonyl (C=O) groups is 1. The van der Waals surface area contributed by atoms with E-state index in [0.29, 0.717) is 11.1 Å². The van der Waals surface area contributed by atoms with Gasteiger partial charge in [0.1, 0.15) is 6.54 Å². The summed E-state index contributed by atoms with van der Waals surface area (Å²) >= 11 is 0. The minimum atomic E-state index is -0.641. The van der Waals surface area contributed by atoms with Crippen LogP contribution in [0.3, 0.4) is 0 Å². The van der Waals surface area contributed by atoms with E-state index in [0.717, 1.165) is 4.68 Å². The van der Waals surface area contributed by atoms with Crippen molar-refractivity contribution in [1.29, 1.82) is 0 Å². The molecule has 1 aromatic heterocycles. The van der Waals surface area contributed by atoms with E-state index in [4.69, 9.17) is 4.42 Å². The quantitative estimate of drug-likeness (QED) is 0.688. The van der Waals surface area contributed by atoms with E-state index >= 15 is 0 Å². The van der Waals surface area contributed by atoms with E-state index in [1.807, 2.05) is 24.3 Å². The van der Waals surface area contributed by atoms with Crippen LogP contribution in [0.4, 0.5) is 0 Å². The minimum Gasteiger partial charge on any atom is -0.388 e. The lowest BCUT2D eigenvalue weighted by molar-refractivity contribution is 0.0965. The van der Waals surface area contributed by atoms with Gasteiger partial charge in [0, 0.05) is 11.1 Å². The second-order valence-corrected chi connectivity index (χ2v) is 4.49. The number of nitrogens with zero attached hydrogens (tertiary/aromatic N) is 2. The van der Waals surface area contributed by atoms with Crippen LogP contribution in [0, 0.1) is 0 Å². The lowest BCUT2D eigenvalue weighted by Gasteiger charge is -1.98. The summed E-state index contributed by atoms with van der Waals surface area (Å²) in [5.74, 6) is -0.620. The van der Waals surface area contributed by atoms with Gasteiger partial charge in [-0.2, -0.15) is 4.68 Å². The van der Waals surface area contributed by atoms with E-state index < -0.39 is 5.76 Å². The van der Waals surface area contributed by atoms with Crippen LogP contribution < -0.4 is 5.76 Å². The van der Waals surface area contributed by atoms with E-state index in [-0.39, 0.29) is 18.2 Å². The molecule has 0 spiro atoms. The second-order valence-electron chi connectivity index (χ2n) is 4.49. The Balaban J connectivity index is 1.86. The predicted octanol–water partition coefficient (Wildman–Crippen LogP) is 2.39. The predicted molar refractivity (Wildman–Crippen MR) is 77.0 cm³/mol. The van der Waals surface area contributed by atoms with Crippen molar-refractivity contribution < 1.29 is 9.21 Å². The molecule has 3 rings (SSSR count). The third-order valence-electron chi connectivity index (χ3n) is 3.02. The van der Waals surface area contributed by atoms with Crippen molar-refractivity contribution >= 4 is 5.78 Å². The first kappa shape index (κ1) is 13.1. The van der Waals surface area contributed by atoms with Crippen LogP contribution >= 0.6 is 0 Å². The fourth-order valence-electron chi connectivity index (χ4n) is 1.95. The SMILES string of the molecule is O=C(Cn1nc(-c2ccccc2)oc1=O)c1ccccc1. The van der Waals surface area contributed by atoms with Crippen molar-refractivity contribution in [2.45, 2.75) is 6.54 Å². The molecule has 1 heterocycles. The highest BCUT2D eigenvalue weighted by atomic mass is 16.4. The maximum Gasteiger partial charge on any atom is 0.437 e. The Morgan fingerprint density at radius 1 is 1.00 bits per heavy atom. The van der Waals surface area contributed by atoms with Gasteiger partial charge in [0.05, 0.1) is 0 Å². The van der Waals surface area contributed by atoms with Crippen molar-refractivity contribution in [3.63, 3.8) is 0 Å². The second kappa shape index (κ2) is 5.58. The van der Waals surface area contributed by atoms with Crippen LogP contribution in [-0.4, -0.2) is 15.6 Å². The fourth-order valence-corrected chi connectivity index (χ4v) is 1.95. The molecule has 0 aliphatic carbocycles. The molecule has 0 aliphatic rings. The zero-order valence-corrected chi connectivity index (χ0v) is 11.1. The van der Waals surface area contributed by atoms with Crippen LogP contribution in [0.15, 0.2) is 69.9 Å². The summed E-state index contributed by atoms with van der Waals surface area (Å²) in [6.45, 7) is -0.140. The number of aromatic nitrogens is 2. The van der Waals surface area contributed by atoms with Gasteiger partial charge in [-0.15, -0.1) is 5.10 Å². The molecular weight excluding hydrogens is 268 g/mol. The van der Waals surface area contributed by atoms with Crippen LogP contribution in [-0.2, 0) is 6.54 Å². The Kier molecular flexibility index (Phi) is 3.47. The summed E-state index contributed by atoms with van der Waals surface area (Å²) in [5, 5.41) is 4.06. The number of hydrogen-bond acceptors (Lipinski definition) is 4. The molecule has 0 amide bonds. The van der Waals surface area contributed by atoms with Gasteiger partial charge < -0.3 is 4.42 Å². The maximum absolute atomic E-state index is 12.1.